The second kappa shape index (κ2) is 3.64. The lowest BCUT2D eigenvalue weighted by molar-refractivity contribution is -0.407. The Labute approximate surface area is 75.6 Å². The minimum absolute atomic E-state index is 0.0139. The fraction of sp³-hybridized carbons (Fsp3) is 0. The Kier molecular flexibility index (Phi) is 2.78. The molecule has 0 aromatic carbocycles. The average molecular weight is 234 g/mol. The van der Waals surface area contributed by atoms with E-state index in [-0.39, 0.29) is 4.61 Å². The van der Waals surface area contributed by atoms with Crippen LogP contribution < -0.4 is 0 Å². The molecule has 1 aromatic rings. The van der Waals surface area contributed by atoms with Crippen LogP contribution in [0.15, 0.2) is 22.1 Å². The second-order valence-electron chi connectivity index (χ2n) is 1.74. The number of nitro groups is 1. The zero-order valence-corrected chi connectivity index (χ0v) is 7.76. The minimum Gasteiger partial charge on any atom is -0.258 e. The van der Waals surface area contributed by atoms with E-state index < -0.39 is 4.92 Å². The first kappa shape index (κ1) is 8.42. The first-order chi connectivity index (χ1) is 5.20. The highest BCUT2D eigenvalue weighted by Gasteiger charge is 2.03. The summed E-state index contributed by atoms with van der Waals surface area (Å²) in [4.78, 5) is 10.5. The predicted molar refractivity (Wildman–Crippen MR) is 48.2 cm³/mol. The molecule has 0 amide bonds. The van der Waals surface area contributed by atoms with Crippen LogP contribution in [-0.2, 0) is 0 Å². The van der Waals surface area contributed by atoms with Crippen LogP contribution >= 0.6 is 27.3 Å². The van der Waals surface area contributed by atoms with Gasteiger partial charge in [0.05, 0.1) is 4.92 Å². The lowest BCUT2D eigenvalue weighted by Crippen LogP contribution is -1.88. The van der Waals surface area contributed by atoms with E-state index in [2.05, 4.69) is 15.9 Å². The van der Waals surface area contributed by atoms with Crippen molar-refractivity contribution in [3.63, 3.8) is 0 Å². The van der Waals surface area contributed by atoms with Crippen molar-refractivity contribution < 1.29 is 4.92 Å². The normalized spacial score (nSPS) is 11.5. The summed E-state index contributed by atoms with van der Waals surface area (Å²) in [6.45, 7) is 0. The molecular weight excluding hydrogens is 230 g/mol. The number of hydrogen-bond acceptors (Lipinski definition) is 3. The quantitative estimate of drug-likeness (QED) is 0.448. The maximum atomic E-state index is 10.1. The van der Waals surface area contributed by atoms with E-state index in [9.17, 15) is 10.1 Å². The van der Waals surface area contributed by atoms with Gasteiger partial charge in [0.1, 0.15) is 0 Å². The number of nitrogens with zero attached hydrogens (tertiary/aromatic N) is 1. The van der Waals surface area contributed by atoms with Crippen LogP contribution in [0.25, 0.3) is 6.08 Å². The Bertz CT molecular complexity index is 281. The van der Waals surface area contributed by atoms with Gasteiger partial charge in [-0.15, -0.1) is 11.3 Å². The van der Waals surface area contributed by atoms with Crippen molar-refractivity contribution in [3.8, 4) is 0 Å². The Morgan fingerprint density at radius 2 is 2.55 bits per heavy atom. The number of halogens is 1. The van der Waals surface area contributed by atoms with Crippen molar-refractivity contribution in [3.05, 3.63) is 37.1 Å². The summed E-state index contributed by atoms with van der Waals surface area (Å²) >= 11 is 4.29. The van der Waals surface area contributed by atoms with Gasteiger partial charge in [-0.2, -0.15) is 0 Å². The maximum Gasteiger partial charge on any atom is 0.312 e. The molecule has 1 rings (SSSR count). The molecule has 0 fully saturated rings. The van der Waals surface area contributed by atoms with E-state index in [4.69, 9.17) is 0 Å². The molecule has 0 aliphatic carbocycles. The van der Waals surface area contributed by atoms with Crippen molar-refractivity contribution in [2.75, 3.05) is 0 Å². The molecule has 1 aromatic heterocycles. The first-order valence-corrected chi connectivity index (χ1v) is 4.42. The largest absolute Gasteiger partial charge is 0.312 e. The van der Waals surface area contributed by atoms with Gasteiger partial charge in [0.15, 0.2) is 0 Å². The van der Waals surface area contributed by atoms with Crippen molar-refractivity contribution in [1.29, 1.82) is 0 Å². The maximum absolute atomic E-state index is 10.1. The molecule has 11 heavy (non-hydrogen) atoms. The lowest BCUT2D eigenvalue weighted by atomic mass is 10.5. The summed E-state index contributed by atoms with van der Waals surface area (Å²) in [5.41, 5.74) is 0. The average Bonchev–Trinajstić information content (AvgIpc) is 2.39. The third kappa shape index (κ3) is 2.44. The summed E-state index contributed by atoms with van der Waals surface area (Å²) in [5.74, 6) is 0. The molecule has 0 aliphatic heterocycles. The lowest BCUT2D eigenvalue weighted by Gasteiger charge is -1.84. The molecule has 0 bridgehead atoms. The van der Waals surface area contributed by atoms with Crippen LogP contribution in [0.3, 0.4) is 0 Å². The molecule has 58 valence electrons. The van der Waals surface area contributed by atoms with Gasteiger partial charge in [0.2, 0.25) is 0 Å². The van der Waals surface area contributed by atoms with Crippen molar-refractivity contribution in [1.82, 2.24) is 0 Å². The Hall–Kier alpha value is -0.680. The van der Waals surface area contributed by atoms with Crippen molar-refractivity contribution in [2.45, 2.75) is 0 Å². The van der Waals surface area contributed by atoms with E-state index in [1.54, 1.807) is 0 Å². The van der Waals surface area contributed by atoms with Gasteiger partial charge in [-0.25, -0.2) is 0 Å². The van der Waals surface area contributed by atoms with E-state index >= 15 is 0 Å². The van der Waals surface area contributed by atoms with Crippen LogP contribution in [0.2, 0.25) is 0 Å². The Balaban J connectivity index is 2.82. The topological polar surface area (TPSA) is 43.1 Å². The highest BCUT2D eigenvalue weighted by Crippen LogP contribution is 2.16. The third-order valence-corrected chi connectivity index (χ3v) is 2.32. The number of thiophene rings is 1. The molecule has 0 saturated heterocycles. The fourth-order valence-corrected chi connectivity index (χ4v) is 1.59. The van der Waals surface area contributed by atoms with Gasteiger partial charge in [-0.3, -0.25) is 10.1 Å². The highest BCUT2D eigenvalue weighted by molar-refractivity contribution is 9.11. The van der Waals surface area contributed by atoms with Gasteiger partial charge in [0, 0.05) is 26.9 Å². The van der Waals surface area contributed by atoms with Gasteiger partial charge >= 0.3 is 4.61 Å². The summed E-state index contributed by atoms with van der Waals surface area (Å²) < 4.78 is -0.0139. The molecule has 5 heteroatoms. The molecule has 0 radical (unpaired) electrons. The van der Waals surface area contributed by atoms with Crippen LogP contribution in [0.4, 0.5) is 0 Å². The number of hydrogen-bond donors (Lipinski definition) is 0. The molecule has 0 N–H and O–H groups in total. The predicted octanol–water partition coefficient (Wildman–Crippen LogP) is 2.72. The zero-order valence-electron chi connectivity index (χ0n) is 5.36. The Morgan fingerprint density at radius 3 is 3.00 bits per heavy atom. The van der Waals surface area contributed by atoms with Crippen LogP contribution in [0, 0.1) is 10.1 Å². The smallest absolute Gasteiger partial charge is 0.258 e. The van der Waals surface area contributed by atoms with Crippen LogP contribution in [-0.4, -0.2) is 4.92 Å². The van der Waals surface area contributed by atoms with Crippen molar-refractivity contribution >= 4 is 33.3 Å². The molecule has 0 unspecified atom stereocenters. The Morgan fingerprint density at radius 1 is 1.82 bits per heavy atom. The van der Waals surface area contributed by atoms with Crippen LogP contribution in [0.1, 0.15) is 4.88 Å². The first-order valence-electron chi connectivity index (χ1n) is 2.75. The van der Waals surface area contributed by atoms with Crippen LogP contribution in [0.5, 0.6) is 0 Å². The number of rotatable bonds is 2. The van der Waals surface area contributed by atoms with Gasteiger partial charge in [-0.05, 0) is 11.4 Å². The van der Waals surface area contributed by atoms with E-state index in [1.807, 2.05) is 17.5 Å². The summed E-state index contributed by atoms with van der Waals surface area (Å²) in [6.07, 6.45) is 1.48. The van der Waals surface area contributed by atoms with Gasteiger partial charge in [-0.1, -0.05) is 6.07 Å². The molecule has 1 heterocycles. The SMILES string of the molecule is O=[N+]([O-])/C(Br)=C/c1cccs1. The molecular formula is C6H4BrNO2S. The van der Waals surface area contributed by atoms with Crippen molar-refractivity contribution in [2.24, 2.45) is 0 Å². The molecule has 0 atom stereocenters. The fourth-order valence-electron chi connectivity index (χ4n) is 0.543. The zero-order chi connectivity index (χ0) is 8.27. The summed E-state index contributed by atoms with van der Waals surface area (Å²) in [7, 11) is 0. The van der Waals surface area contributed by atoms with Gasteiger partial charge < -0.3 is 0 Å². The summed E-state index contributed by atoms with van der Waals surface area (Å²) in [5, 5.41) is 12.0. The van der Waals surface area contributed by atoms with E-state index in [0.717, 1.165) is 4.88 Å². The minimum atomic E-state index is -0.472. The van der Waals surface area contributed by atoms with E-state index in [0.29, 0.717) is 0 Å². The van der Waals surface area contributed by atoms with Gasteiger partial charge in [0.25, 0.3) is 0 Å². The molecule has 0 aliphatic rings. The molecule has 0 spiro atoms. The summed E-state index contributed by atoms with van der Waals surface area (Å²) in [6, 6.07) is 3.66. The molecule has 3 nitrogen and oxygen atoms in total. The second-order valence-corrected chi connectivity index (χ2v) is 3.53. The standard InChI is InChI=1S/C6H4BrNO2S/c7-6(8(9)10)4-5-2-1-3-11-5/h1-4H/b6-4+. The highest BCUT2D eigenvalue weighted by atomic mass is 79.9. The molecule has 0 saturated carbocycles. The monoisotopic (exact) mass is 233 g/mol. The van der Waals surface area contributed by atoms with E-state index in [1.165, 1.54) is 17.4 Å². The third-order valence-electron chi connectivity index (χ3n) is 0.979.